The molecule has 0 nitrogen and oxygen atoms in total. The van der Waals surface area contributed by atoms with Crippen LogP contribution in [0.5, 0.6) is 0 Å². The van der Waals surface area contributed by atoms with Gasteiger partial charge in [-0.25, -0.2) is 0 Å². The van der Waals surface area contributed by atoms with E-state index in [0.29, 0.717) is 10.8 Å². The molecule has 0 aromatic carbocycles. The van der Waals surface area contributed by atoms with Gasteiger partial charge >= 0.3 is 0 Å². The maximum atomic E-state index is 2.67. The summed E-state index contributed by atoms with van der Waals surface area (Å²) in [6.45, 7) is 17.5. The smallest absolute Gasteiger partial charge is 0.0297 e. The Labute approximate surface area is 216 Å². The van der Waals surface area contributed by atoms with Crippen molar-refractivity contribution in [2.45, 2.75) is 164 Å². The van der Waals surface area contributed by atoms with Crippen molar-refractivity contribution < 1.29 is 0 Å². The van der Waals surface area contributed by atoms with Gasteiger partial charge in [0.25, 0.3) is 0 Å². The minimum absolute atomic E-state index is 0.673. The molecular formula is C34H64. The third-order valence-electron chi connectivity index (χ3n) is 11.1. The summed E-state index contributed by atoms with van der Waals surface area (Å²) in [5, 5.41) is 0. The molecule has 3 fully saturated rings. The molecule has 0 heterocycles. The number of rotatable bonds is 19. The first kappa shape index (κ1) is 28.6. The van der Waals surface area contributed by atoms with Crippen LogP contribution in [0.25, 0.3) is 0 Å². The first-order valence-electron chi connectivity index (χ1n) is 16.2. The first-order chi connectivity index (χ1) is 16.2. The van der Waals surface area contributed by atoms with Gasteiger partial charge in [0.1, 0.15) is 0 Å². The fourth-order valence-corrected chi connectivity index (χ4v) is 8.53. The van der Waals surface area contributed by atoms with Crippen molar-refractivity contribution in [1.29, 1.82) is 0 Å². The standard InChI is InChI=1S/C34H64/c1-8-10-11-12-13-16-29(17-14-18-34(7)22-28(34)5)21-31(32-20-27(32)4)25-33(6)23-30(24-33)19-26(3)15-9-2/h26-32H,8-25H2,1-7H3. The van der Waals surface area contributed by atoms with Crippen molar-refractivity contribution >= 4 is 0 Å². The molecule has 0 bridgehead atoms. The van der Waals surface area contributed by atoms with Crippen molar-refractivity contribution in [2.24, 2.45) is 52.3 Å². The Kier molecular flexibility index (Phi) is 10.9. The Hall–Kier alpha value is 0. The quantitative estimate of drug-likeness (QED) is 0.164. The van der Waals surface area contributed by atoms with Gasteiger partial charge < -0.3 is 0 Å². The third-order valence-corrected chi connectivity index (χ3v) is 11.1. The predicted octanol–water partition coefficient (Wildman–Crippen LogP) is 11.5. The fraction of sp³-hybridized carbons (Fsp3) is 1.00. The SMILES string of the molecule is CCCCCCCC(CCCC1(C)CC1C)CC(CC1(C)CC(CC(C)CCC)C1)C1CC1C. The second-order valence-electron chi connectivity index (χ2n) is 15.0. The molecule has 3 aliphatic rings. The zero-order chi connectivity index (χ0) is 24.8. The summed E-state index contributed by atoms with van der Waals surface area (Å²) in [7, 11) is 0. The molecule has 0 spiro atoms. The van der Waals surface area contributed by atoms with Crippen LogP contribution in [0, 0.1) is 52.3 Å². The molecule has 3 saturated carbocycles. The molecule has 3 rings (SSSR count). The largest absolute Gasteiger partial charge is 0.0654 e. The van der Waals surface area contributed by atoms with Crippen LogP contribution in [0.3, 0.4) is 0 Å². The van der Waals surface area contributed by atoms with Crippen LogP contribution in [-0.2, 0) is 0 Å². The molecule has 0 saturated heterocycles. The van der Waals surface area contributed by atoms with Gasteiger partial charge in [-0.1, -0.05) is 113 Å². The van der Waals surface area contributed by atoms with Gasteiger partial charge in [0.2, 0.25) is 0 Å². The van der Waals surface area contributed by atoms with Gasteiger partial charge in [-0.3, -0.25) is 0 Å². The lowest BCUT2D eigenvalue weighted by Gasteiger charge is -2.48. The summed E-state index contributed by atoms with van der Waals surface area (Å²) in [5.41, 5.74) is 1.38. The third kappa shape index (κ3) is 8.83. The van der Waals surface area contributed by atoms with Crippen LogP contribution in [0.15, 0.2) is 0 Å². The van der Waals surface area contributed by atoms with E-state index in [1.165, 1.54) is 103 Å². The second kappa shape index (κ2) is 13.0. The van der Waals surface area contributed by atoms with Gasteiger partial charge in [0.15, 0.2) is 0 Å². The van der Waals surface area contributed by atoms with Crippen molar-refractivity contribution in [3.8, 4) is 0 Å². The number of hydrogen-bond acceptors (Lipinski definition) is 0. The second-order valence-corrected chi connectivity index (χ2v) is 15.0. The van der Waals surface area contributed by atoms with E-state index in [2.05, 4.69) is 48.5 Å². The van der Waals surface area contributed by atoms with Gasteiger partial charge in [-0.05, 0) is 104 Å². The molecular weight excluding hydrogens is 408 g/mol. The Morgan fingerprint density at radius 3 is 2.06 bits per heavy atom. The average Bonchev–Trinajstić information content (AvgIpc) is 3.62. The maximum absolute atomic E-state index is 2.67. The molecule has 0 aromatic heterocycles. The van der Waals surface area contributed by atoms with Crippen LogP contribution < -0.4 is 0 Å². The van der Waals surface area contributed by atoms with Crippen molar-refractivity contribution in [2.75, 3.05) is 0 Å². The van der Waals surface area contributed by atoms with Crippen molar-refractivity contribution in [1.82, 2.24) is 0 Å². The predicted molar refractivity (Wildman–Crippen MR) is 152 cm³/mol. The molecule has 0 aliphatic heterocycles. The summed E-state index contributed by atoms with van der Waals surface area (Å²) in [6, 6.07) is 0. The zero-order valence-electron chi connectivity index (χ0n) is 24.8. The molecule has 7 atom stereocenters. The van der Waals surface area contributed by atoms with E-state index in [1.807, 2.05) is 0 Å². The summed E-state index contributed by atoms with van der Waals surface area (Å²) in [6.07, 6.45) is 26.9. The Morgan fingerprint density at radius 2 is 1.47 bits per heavy atom. The van der Waals surface area contributed by atoms with Crippen LogP contribution in [0.4, 0.5) is 0 Å². The molecule has 0 amide bonds. The minimum atomic E-state index is 0.673. The Balaban J connectivity index is 1.50. The van der Waals surface area contributed by atoms with Crippen LogP contribution in [0.1, 0.15) is 164 Å². The van der Waals surface area contributed by atoms with Gasteiger partial charge in [-0.15, -0.1) is 0 Å². The molecule has 0 N–H and O–H groups in total. The summed E-state index contributed by atoms with van der Waals surface area (Å²) in [4.78, 5) is 0. The zero-order valence-corrected chi connectivity index (χ0v) is 24.8. The monoisotopic (exact) mass is 473 g/mol. The lowest BCUT2D eigenvalue weighted by molar-refractivity contribution is 0.0232. The van der Waals surface area contributed by atoms with Crippen LogP contribution in [-0.4, -0.2) is 0 Å². The van der Waals surface area contributed by atoms with Gasteiger partial charge in [0.05, 0.1) is 0 Å². The summed E-state index contributed by atoms with van der Waals surface area (Å²) in [5.74, 6) is 7.12. The highest BCUT2D eigenvalue weighted by Gasteiger charge is 2.48. The van der Waals surface area contributed by atoms with E-state index >= 15 is 0 Å². The minimum Gasteiger partial charge on any atom is -0.0654 e. The lowest BCUT2D eigenvalue weighted by atomic mass is 9.57. The van der Waals surface area contributed by atoms with E-state index in [4.69, 9.17) is 0 Å². The molecule has 3 aliphatic carbocycles. The molecule has 0 radical (unpaired) electrons. The summed E-state index contributed by atoms with van der Waals surface area (Å²) >= 11 is 0. The highest BCUT2D eigenvalue weighted by atomic mass is 14.5. The highest BCUT2D eigenvalue weighted by molar-refractivity contribution is 4.98. The number of unbranched alkanes of at least 4 members (excludes halogenated alkanes) is 4. The van der Waals surface area contributed by atoms with E-state index in [9.17, 15) is 0 Å². The van der Waals surface area contributed by atoms with Crippen molar-refractivity contribution in [3.63, 3.8) is 0 Å². The number of hydrogen-bond donors (Lipinski definition) is 0. The molecule has 0 heteroatoms. The van der Waals surface area contributed by atoms with E-state index in [1.54, 1.807) is 12.8 Å². The van der Waals surface area contributed by atoms with Crippen molar-refractivity contribution in [3.05, 3.63) is 0 Å². The average molecular weight is 473 g/mol. The lowest BCUT2D eigenvalue weighted by Crippen LogP contribution is -2.37. The van der Waals surface area contributed by atoms with Gasteiger partial charge in [-0.2, -0.15) is 0 Å². The Morgan fingerprint density at radius 1 is 0.824 bits per heavy atom. The van der Waals surface area contributed by atoms with Crippen LogP contribution in [0.2, 0.25) is 0 Å². The molecule has 200 valence electrons. The molecule has 7 unspecified atom stereocenters. The first-order valence-corrected chi connectivity index (χ1v) is 16.2. The normalized spacial score (nSPS) is 37.1. The highest BCUT2D eigenvalue weighted by Crippen LogP contribution is 2.58. The molecule has 34 heavy (non-hydrogen) atoms. The fourth-order valence-electron chi connectivity index (χ4n) is 8.53. The summed E-state index contributed by atoms with van der Waals surface area (Å²) < 4.78 is 0. The maximum Gasteiger partial charge on any atom is -0.0297 e. The van der Waals surface area contributed by atoms with Gasteiger partial charge in [0, 0.05) is 0 Å². The van der Waals surface area contributed by atoms with E-state index in [-0.39, 0.29) is 0 Å². The van der Waals surface area contributed by atoms with E-state index in [0.717, 1.165) is 41.4 Å². The van der Waals surface area contributed by atoms with E-state index < -0.39 is 0 Å². The van der Waals surface area contributed by atoms with Crippen LogP contribution >= 0.6 is 0 Å². The molecule has 0 aromatic rings. The Bertz CT molecular complexity index is 571. The topological polar surface area (TPSA) is 0 Å².